The third-order valence-corrected chi connectivity index (χ3v) is 7.65. The molecule has 18 heteroatoms. The maximum atomic E-state index is 10.9. The molecule has 0 aliphatic carbocycles. The molecular formula is C32H40Cl2N4Ni2O10-2. The van der Waals surface area contributed by atoms with Crippen LogP contribution in [0.4, 0.5) is 0 Å². The van der Waals surface area contributed by atoms with E-state index in [0.717, 1.165) is 50.4 Å². The van der Waals surface area contributed by atoms with Crippen LogP contribution in [-0.4, -0.2) is 71.1 Å². The van der Waals surface area contributed by atoms with Gasteiger partial charge >= 0.3 is 0 Å². The summed E-state index contributed by atoms with van der Waals surface area (Å²) in [6.45, 7) is 5.70. The number of rotatable bonds is 10. The molecule has 2 heterocycles. The minimum atomic E-state index is -4.94. The quantitative estimate of drug-likeness (QED) is 0.150. The molecule has 0 radical (unpaired) electrons. The van der Waals surface area contributed by atoms with E-state index in [2.05, 4.69) is 70.5 Å². The number of para-hydroxylation sites is 1. The molecule has 0 unspecified atom stereocenters. The van der Waals surface area contributed by atoms with E-state index in [9.17, 15) is 5.11 Å². The van der Waals surface area contributed by atoms with Crippen LogP contribution in [0.25, 0.3) is 0 Å². The molecule has 3 N–H and O–H groups in total. The molecule has 2 aliphatic rings. The molecule has 0 saturated carbocycles. The van der Waals surface area contributed by atoms with Crippen LogP contribution in [0.5, 0.6) is 5.75 Å². The van der Waals surface area contributed by atoms with Crippen LogP contribution in [0.2, 0.25) is 0 Å². The van der Waals surface area contributed by atoms with Crippen LogP contribution in [-0.2, 0) is 46.1 Å². The molecule has 0 spiro atoms. The van der Waals surface area contributed by atoms with Gasteiger partial charge in [0.25, 0.3) is 0 Å². The molecule has 2 fully saturated rings. The Bertz CT molecular complexity index is 1290. The Kier molecular flexibility index (Phi) is 23.2. The second-order valence-electron chi connectivity index (χ2n) is 11.0. The minimum absolute atomic E-state index is 0. The summed E-state index contributed by atoms with van der Waals surface area (Å²) >= 11 is 0. The van der Waals surface area contributed by atoms with Gasteiger partial charge in [-0.15, -0.1) is 20.5 Å². The van der Waals surface area contributed by atoms with Gasteiger partial charge in [0.15, 0.2) is 0 Å². The molecule has 0 amide bonds. The van der Waals surface area contributed by atoms with Gasteiger partial charge in [-0.05, 0) is 62.0 Å². The fraction of sp³-hybridized carbons (Fsp3) is 0.375. The van der Waals surface area contributed by atoms with Crippen molar-refractivity contribution in [1.29, 1.82) is 0 Å². The Morgan fingerprint density at radius 3 is 1.28 bits per heavy atom. The van der Waals surface area contributed by atoms with Gasteiger partial charge in [0, 0.05) is 81.7 Å². The molecule has 50 heavy (non-hydrogen) atoms. The number of phenols is 1. The van der Waals surface area contributed by atoms with E-state index in [-0.39, 0.29) is 44.2 Å². The normalized spacial score (nSPS) is 17.9. The Labute approximate surface area is 316 Å². The summed E-state index contributed by atoms with van der Waals surface area (Å²) in [5, 5.41) is 10.9. The first kappa shape index (κ1) is 47.9. The Hall–Kier alpha value is -2.07. The van der Waals surface area contributed by atoms with Gasteiger partial charge in [-0.1, -0.05) is 66.7 Å². The van der Waals surface area contributed by atoms with Crippen molar-refractivity contribution in [3.8, 4) is 5.75 Å². The van der Waals surface area contributed by atoms with Crippen LogP contribution in [0.15, 0.2) is 88.8 Å². The maximum absolute atomic E-state index is 10.9. The summed E-state index contributed by atoms with van der Waals surface area (Å²) in [5.74, 6) is 0.259. The van der Waals surface area contributed by atoms with Gasteiger partial charge in [-0.2, -0.15) is 0 Å². The molecule has 3 aromatic carbocycles. The first-order chi connectivity index (χ1) is 22.3. The summed E-state index contributed by atoms with van der Waals surface area (Å²) in [7, 11) is -9.89. The predicted molar refractivity (Wildman–Crippen MR) is 156 cm³/mol. The molecule has 2 aliphatic heterocycles. The fourth-order valence-corrected chi connectivity index (χ4v) is 5.59. The molecule has 0 bridgehead atoms. The number of likely N-dealkylation sites (tertiary alicyclic amines) is 2. The van der Waals surface area contributed by atoms with Crippen LogP contribution in [0.1, 0.15) is 47.9 Å². The zero-order valence-electron chi connectivity index (χ0n) is 26.8. The molecule has 5 rings (SSSR count). The number of nitrogens with zero attached hydrogens (tertiary/aromatic N) is 4. The SMILES string of the molecule is O.Oc1c(C=NC[C@H]2CCCN2Cc2ccccc2)cccc1C=NC[C@H]1CCCN1Cc1ccccc1.[Ni].[Ni].[O-][Cl+3]([O-])([O-])[O-].[O-][Cl+3]([O-])([O-])[O-]. The zero-order chi connectivity index (χ0) is 34.3. The van der Waals surface area contributed by atoms with Crippen molar-refractivity contribution in [2.45, 2.75) is 50.9 Å². The van der Waals surface area contributed by atoms with Gasteiger partial charge in [0.05, 0.1) is 13.1 Å². The average molecular weight is 829 g/mol. The number of aromatic hydroxyl groups is 1. The topological polar surface area (TPSA) is 267 Å². The van der Waals surface area contributed by atoms with Crippen LogP contribution in [0, 0.1) is 20.5 Å². The summed E-state index contributed by atoms with van der Waals surface area (Å²) in [4.78, 5) is 14.5. The van der Waals surface area contributed by atoms with Crippen molar-refractivity contribution >= 4 is 12.4 Å². The van der Waals surface area contributed by atoms with Gasteiger partial charge in [0.2, 0.25) is 0 Å². The molecule has 284 valence electrons. The minimum Gasteiger partial charge on any atom is -0.507 e. The predicted octanol–water partition coefficient (Wildman–Crippen LogP) is -4.78. The standard InChI is InChI=1S/C32H38N4O.2ClHO4.2Ni.H2O/c37-32-28(20-33-22-30-16-8-18-35(30)24-26-10-3-1-4-11-26)14-7-15-29(32)21-34-23-31-17-9-19-36(31)25-27-12-5-2-6-13-27;2*2-1(3,4)5;;;/h1-7,10-15,20-21,30-31,37H,8-9,16-19,22-25H2;2*(H,2,3,4,5);;;1H2/p-2/t30-,31-;;;;;/m1...../s1. The van der Waals surface area contributed by atoms with Crippen molar-refractivity contribution in [2.75, 3.05) is 26.2 Å². The molecule has 2 atom stereocenters. The Morgan fingerprint density at radius 2 is 0.940 bits per heavy atom. The maximum Gasteiger partial charge on any atom is 0.133 e. The average Bonchev–Trinajstić information content (AvgIpc) is 3.63. The second kappa shape index (κ2) is 24.2. The van der Waals surface area contributed by atoms with Gasteiger partial charge in [-0.25, -0.2) is 37.3 Å². The number of aliphatic imine (C=N–C) groups is 2. The molecule has 0 aromatic heterocycles. The van der Waals surface area contributed by atoms with Crippen LogP contribution < -0.4 is 37.3 Å². The van der Waals surface area contributed by atoms with E-state index >= 15 is 0 Å². The monoisotopic (exact) mass is 826 g/mol. The van der Waals surface area contributed by atoms with Crippen LogP contribution in [0.3, 0.4) is 0 Å². The van der Waals surface area contributed by atoms with E-state index in [1.807, 2.05) is 30.6 Å². The number of benzene rings is 3. The number of hydrogen-bond acceptors (Lipinski definition) is 13. The van der Waals surface area contributed by atoms with Crippen LogP contribution >= 0.6 is 0 Å². The Balaban J connectivity index is 0.00000163. The summed E-state index contributed by atoms with van der Waals surface area (Å²) in [5.41, 5.74) is 4.21. The van der Waals surface area contributed by atoms with Gasteiger partial charge < -0.3 is 10.6 Å². The zero-order valence-corrected chi connectivity index (χ0v) is 30.3. The molecular weight excluding hydrogens is 789 g/mol. The fourth-order valence-electron chi connectivity index (χ4n) is 5.59. The Morgan fingerprint density at radius 1 is 0.600 bits per heavy atom. The summed E-state index contributed by atoms with van der Waals surface area (Å²) in [6.07, 6.45) is 8.42. The summed E-state index contributed by atoms with van der Waals surface area (Å²) < 4.78 is 67.9. The van der Waals surface area contributed by atoms with E-state index in [0.29, 0.717) is 12.1 Å². The largest absolute Gasteiger partial charge is 0.507 e. The van der Waals surface area contributed by atoms with E-state index < -0.39 is 20.5 Å². The number of hydrogen-bond donors (Lipinski definition) is 1. The van der Waals surface area contributed by atoms with E-state index in [1.54, 1.807) is 0 Å². The van der Waals surface area contributed by atoms with E-state index in [4.69, 9.17) is 47.3 Å². The summed E-state index contributed by atoms with van der Waals surface area (Å²) in [6, 6.07) is 28.0. The third-order valence-electron chi connectivity index (χ3n) is 7.65. The van der Waals surface area contributed by atoms with Gasteiger partial charge in [-0.3, -0.25) is 19.8 Å². The van der Waals surface area contributed by atoms with E-state index in [1.165, 1.54) is 36.8 Å². The molecule has 3 aromatic rings. The van der Waals surface area contributed by atoms with Crippen molar-refractivity contribution in [3.63, 3.8) is 0 Å². The first-order valence-corrected chi connectivity index (χ1v) is 17.3. The first-order valence-electron chi connectivity index (χ1n) is 14.9. The number of halogens is 2. The molecule has 14 nitrogen and oxygen atoms in total. The number of phenolic OH excluding ortho intramolecular Hbond substituents is 1. The smallest absolute Gasteiger partial charge is 0.133 e. The third kappa shape index (κ3) is 20.1. The molecule has 2 saturated heterocycles. The van der Waals surface area contributed by atoms with Crippen molar-refractivity contribution < 1.29 is 101 Å². The van der Waals surface area contributed by atoms with Crippen molar-refractivity contribution in [2.24, 2.45) is 9.98 Å². The van der Waals surface area contributed by atoms with Gasteiger partial charge in [0.1, 0.15) is 5.75 Å². The van der Waals surface area contributed by atoms with Crippen molar-refractivity contribution in [1.82, 2.24) is 9.80 Å². The second-order valence-corrected chi connectivity index (χ2v) is 12.5. The van der Waals surface area contributed by atoms with Crippen molar-refractivity contribution in [3.05, 3.63) is 101 Å².